The van der Waals surface area contributed by atoms with E-state index in [-0.39, 0.29) is 23.7 Å². The van der Waals surface area contributed by atoms with Gasteiger partial charge in [0.2, 0.25) is 5.91 Å². The number of carbonyl (C=O) groups is 2. The first-order valence-electron chi connectivity index (χ1n) is 11.2. The average molecular weight is 500 g/mol. The molecule has 0 spiro atoms. The van der Waals surface area contributed by atoms with Gasteiger partial charge >= 0.3 is 0 Å². The molecule has 3 N–H and O–H groups in total. The summed E-state index contributed by atoms with van der Waals surface area (Å²) in [7, 11) is 3.13. The van der Waals surface area contributed by atoms with Gasteiger partial charge in [-0.2, -0.15) is 0 Å². The first kappa shape index (κ1) is 26.8. The summed E-state index contributed by atoms with van der Waals surface area (Å²) in [4.78, 5) is 25.9. The van der Waals surface area contributed by atoms with Gasteiger partial charge in [0.25, 0.3) is 11.8 Å². The molecule has 2 amide bonds. The molecular formula is C26H30FN3O6. The molecule has 0 radical (unpaired) electrons. The molecule has 9 nitrogen and oxygen atoms in total. The fourth-order valence-electron chi connectivity index (χ4n) is 3.82. The Balaban J connectivity index is 1.82. The van der Waals surface area contributed by atoms with E-state index >= 15 is 0 Å². The molecule has 3 aromatic rings. The Morgan fingerprint density at radius 1 is 1.11 bits per heavy atom. The highest BCUT2D eigenvalue weighted by atomic mass is 19.1. The number of hydrogen-bond acceptors (Lipinski definition) is 7. The number of methoxy groups -OCH3 is 2. The number of nitrogens with one attached hydrogen (secondary N) is 2. The topological polar surface area (TPSA) is 123 Å². The summed E-state index contributed by atoms with van der Waals surface area (Å²) in [6.07, 6.45) is -0.239. The summed E-state index contributed by atoms with van der Waals surface area (Å²) in [5.41, 5.74) is 1.54. The fraction of sp³-hybridized carbons (Fsp3) is 0.346. The molecule has 0 saturated carbocycles. The first-order valence-corrected chi connectivity index (χ1v) is 11.2. The summed E-state index contributed by atoms with van der Waals surface area (Å²) < 4.78 is 30.1. The molecule has 0 aliphatic heterocycles. The lowest BCUT2D eigenvalue weighted by Gasteiger charge is -2.25. The van der Waals surface area contributed by atoms with Crippen LogP contribution in [0.3, 0.4) is 0 Å². The van der Waals surface area contributed by atoms with Crippen LogP contribution in [0, 0.1) is 5.82 Å². The summed E-state index contributed by atoms with van der Waals surface area (Å²) in [6, 6.07) is 11.5. The minimum Gasteiger partial charge on any atom is -0.491 e. The molecule has 0 fully saturated rings. The maximum atomic E-state index is 14.9. The Morgan fingerprint density at radius 3 is 2.42 bits per heavy atom. The number of carbonyl (C=O) groups excluding carboxylic acids is 2. The summed E-state index contributed by atoms with van der Waals surface area (Å²) in [5, 5.41) is 18.0. The van der Waals surface area contributed by atoms with Crippen LogP contribution in [0.15, 0.2) is 53.1 Å². The second-order valence-electron chi connectivity index (χ2n) is 9.00. The van der Waals surface area contributed by atoms with Crippen LogP contribution in [-0.4, -0.2) is 42.9 Å². The Morgan fingerprint density at radius 2 is 1.83 bits per heavy atom. The van der Waals surface area contributed by atoms with Crippen LogP contribution in [0.2, 0.25) is 0 Å². The van der Waals surface area contributed by atoms with Crippen LogP contribution in [0.25, 0.3) is 0 Å². The van der Waals surface area contributed by atoms with Crippen molar-refractivity contribution < 1.29 is 33.1 Å². The molecule has 0 saturated heterocycles. The Labute approximate surface area is 208 Å². The number of benzene rings is 2. The molecule has 0 aliphatic rings. The Hall–Kier alpha value is -3.76. The van der Waals surface area contributed by atoms with Gasteiger partial charge in [0.15, 0.2) is 0 Å². The normalized spacial score (nSPS) is 12.2. The van der Waals surface area contributed by atoms with Crippen molar-refractivity contribution in [1.82, 2.24) is 10.5 Å². The fourth-order valence-corrected chi connectivity index (χ4v) is 3.82. The van der Waals surface area contributed by atoms with Crippen molar-refractivity contribution >= 4 is 17.5 Å². The van der Waals surface area contributed by atoms with Crippen LogP contribution < -0.4 is 10.6 Å². The molecule has 36 heavy (non-hydrogen) atoms. The van der Waals surface area contributed by atoms with E-state index in [2.05, 4.69) is 15.8 Å². The molecular weight excluding hydrogens is 469 g/mol. The van der Waals surface area contributed by atoms with Crippen molar-refractivity contribution in [1.29, 1.82) is 0 Å². The highest BCUT2D eigenvalue weighted by Crippen LogP contribution is 2.28. The van der Waals surface area contributed by atoms with Crippen molar-refractivity contribution in [3.05, 3.63) is 76.8 Å². The predicted octanol–water partition coefficient (Wildman–Crippen LogP) is 3.63. The lowest BCUT2D eigenvalue weighted by atomic mass is 9.85. The zero-order valence-corrected chi connectivity index (χ0v) is 20.6. The van der Waals surface area contributed by atoms with Gasteiger partial charge in [0.1, 0.15) is 17.6 Å². The van der Waals surface area contributed by atoms with Crippen LogP contribution >= 0.6 is 0 Å². The number of ether oxygens (including phenoxy) is 2. The molecule has 0 bridgehead atoms. The van der Waals surface area contributed by atoms with E-state index in [1.807, 2.05) is 13.8 Å². The molecule has 1 unspecified atom stereocenters. The molecule has 1 aromatic heterocycles. The van der Waals surface area contributed by atoms with Gasteiger partial charge in [-0.25, -0.2) is 4.39 Å². The summed E-state index contributed by atoms with van der Waals surface area (Å²) >= 11 is 0. The summed E-state index contributed by atoms with van der Waals surface area (Å²) in [5.74, 6) is -1.79. The maximum absolute atomic E-state index is 14.9. The number of hydrogen-bond donors (Lipinski definition) is 3. The number of rotatable bonds is 11. The standard InChI is InChI=1S/C26H30FN3O6/c1-26(2,15-35-4)20-10-9-18(11-21(20)27)28-25(33)24(17-7-5-16(6-8-17)14-34-3)29-22(31)12-19-13-23(32)30-36-19/h5-11,13,24H,12,14-15H2,1-4H3,(H,28,33)(H,29,31)(H,30,32). The SMILES string of the molecule is COCc1ccc(C(NC(=O)Cc2cc(O)no2)C(=O)Nc2ccc(C(C)(C)COC)c(F)c2)cc1. The number of anilines is 1. The number of amides is 2. The van der Waals surface area contributed by atoms with Crippen LogP contribution in [0.4, 0.5) is 10.1 Å². The minimum atomic E-state index is -1.08. The molecule has 0 aliphatic carbocycles. The first-order chi connectivity index (χ1) is 17.1. The summed E-state index contributed by atoms with van der Waals surface area (Å²) in [6.45, 7) is 4.44. The van der Waals surface area contributed by atoms with E-state index in [9.17, 15) is 19.1 Å². The third kappa shape index (κ3) is 6.89. The molecule has 2 aromatic carbocycles. The highest BCUT2D eigenvalue weighted by Gasteiger charge is 2.26. The molecule has 192 valence electrons. The minimum absolute atomic E-state index is 0.135. The van der Waals surface area contributed by atoms with E-state index in [0.29, 0.717) is 24.3 Å². The Kier molecular flexibility index (Phi) is 8.78. The van der Waals surface area contributed by atoms with Crippen LogP contribution in [0.1, 0.15) is 42.3 Å². The molecule has 10 heteroatoms. The number of nitrogens with zero attached hydrogens (tertiary/aromatic N) is 1. The van der Waals surface area contributed by atoms with Gasteiger partial charge in [0, 0.05) is 31.4 Å². The average Bonchev–Trinajstić information content (AvgIpc) is 3.22. The van der Waals surface area contributed by atoms with Crippen LogP contribution in [0.5, 0.6) is 5.88 Å². The van der Waals surface area contributed by atoms with Crippen molar-refractivity contribution in [3.63, 3.8) is 0 Å². The van der Waals surface area contributed by atoms with Gasteiger partial charge in [-0.1, -0.05) is 44.2 Å². The van der Waals surface area contributed by atoms with Crippen molar-refractivity contribution in [2.45, 2.75) is 38.3 Å². The third-order valence-electron chi connectivity index (χ3n) is 5.54. The van der Waals surface area contributed by atoms with Gasteiger partial charge < -0.3 is 29.7 Å². The molecule has 1 atom stereocenters. The zero-order chi connectivity index (χ0) is 26.3. The second kappa shape index (κ2) is 11.8. The zero-order valence-electron chi connectivity index (χ0n) is 20.6. The molecule has 3 rings (SSSR count). The quantitative estimate of drug-likeness (QED) is 0.368. The number of aromatic hydroxyl groups is 1. The van der Waals surface area contributed by atoms with Gasteiger partial charge in [0.05, 0.1) is 19.6 Å². The largest absolute Gasteiger partial charge is 0.491 e. The van der Waals surface area contributed by atoms with Crippen molar-refractivity contribution in [3.8, 4) is 5.88 Å². The number of aromatic nitrogens is 1. The van der Waals surface area contributed by atoms with Gasteiger partial charge in [-0.05, 0) is 34.0 Å². The smallest absolute Gasteiger partial charge is 0.251 e. The monoisotopic (exact) mass is 499 g/mol. The molecule has 1 heterocycles. The van der Waals surface area contributed by atoms with Gasteiger partial charge in [-0.3, -0.25) is 9.59 Å². The van der Waals surface area contributed by atoms with Crippen LogP contribution in [-0.2, 0) is 37.5 Å². The second-order valence-corrected chi connectivity index (χ2v) is 9.00. The van der Waals surface area contributed by atoms with Gasteiger partial charge in [-0.15, -0.1) is 0 Å². The highest BCUT2D eigenvalue weighted by molar-refractivity contribution is 5.98. The van der Waals surface area contributed by atoms with Crippen molar-refractivity contribution in [2.75, 3.05) is 26.1 Å². The third-order valence-corrected chi connectivity index (χ3v) is 5.54. The Bertz CT molecular complexity index is 1190. The lowest BCUT2D eigenvalue weighted by Crippen LogP contribution is -2.37. The van der Waals surface area contributed by atoms with E-state index in [4.69, 9.17) is 14.0 Å². The van der Waals surface area contributed by atoms with E-state index in [0.717, 1.165) is 5.56 Å². The van der Waals surface area contributed by atoms with E-state index < -0.39 is 29.1 Å². The van der Waals surface area contributed by atoms with E-state index in [1.54, 1.807) is 50.6 Å². The lowest BCUT2D eigenvalue weighted by molar-refractivity contribution is -0.126. The maximum Gasteiger partial charge on any atom is 0.251 e. The van der Waals surface area contributed by atoms with E-state index in [1.165, 1.54) is 12.1 Å². The predicted molar refractivity (Wildman–Crippen MR) is 130 cm³/mol. The van der Waals surface area contributed by atoms with Crippen molar-refractivity contribution in [2.24, 2.45) is 0 Å². The number of halogens is 1.